The second-order valence-corrected chi connectivity index (χ2v) is 3.03. The highest BCUT2D eigenvalue weighted by atomic mass is 32.2. The summed E-state index contributed by atoms with van der Waals surface area (Å²) >= 11 is 1.31. The average molecular weight is 126 g/mol. The molecule has 0 saturated heterocycles. The predicted molar refractivity (Wildman–Crippen MR) is 28.7 cm³/mol. The molecule has 0 fully saturated rings. The molecule has 0 aliphatic carbocycles. The summed E-state index contributed by atoms with van der Waals surface area (Å²) in [6, 6.07) is 0. The van der Waals surface area contributed by atoms with Gasteiger partial charge in [0.15, 0.2) is 0 Å². The van der Waals surface area contributed by atoms with Crippen LogP contribution >= 0.6 is 11.8 Å². The van der Waals surface area contributed by atoms with Gasteiger partial charge in [0.2, 0.25) is 0 Å². The molecule has 6 heavy (non-hydrogen) atoms. The maximum absolute atomic E-state index is 9.62. The van der Waals surface area contributed by atoms with Crippen molar-refractivity contribution in [1.82, 2.24) is 0 Å². The lowest BCUT2D eigenvalue weighted by Gasteiger charge is -1.73. The third-order valence-corrected chi connectivity index (χ3v) is 2.11. The summed E-state index contributed by atoms with van der Waals surface area (Å²) in [5.41, 5.74) is 0. The smallest absolute Gasteiger partial charge is 0.149 e. The Morgan fingerprint density at radius 3 is 2.17 bits per heavy atom. The highest BCUT2D eigenvalue weighted by molar-refractivity contribution is 8.06. The van der Waals surface area contributed by atoms with Crippen molar-refractivity contribution in [1.29, 1.82) is 0 Å². The van der Waals surface area contributed by atoms with Crippen molar-refractivity contribution in [2.75, 3.05) is 11.3 Å². The van der Waals surface area contributed by atoms with E-state index in [1.165, 1.54) is 11.8 Å². The Morgan fingerprint density at radius 1 is 1.67 bits per heavy atom. The summed E-state index contributed by atoms with van der Waals surface area (Å²) in [6.45, 7) is 0. The fourth-order valence-electron chi connectivity index (χ4n) is 0.105. The summed E-state index contributed by atoms with van der Waals surface area (Å²) < 4.78 is 19.2. The Balaban J connectivity index is 3.07. The van der Waals surface area contributed by atoms with Crippen LogP contribution in [-0.4, -0.2) is 19.8 Å². The maximum Gasteiger partial charge on any atom is 0.149 e. The van der Waals surface area contributed by atoms with Crippen LogP contribution in [0.5, 0.6) is 0 Å². The first-order chi connectivity index (χ1) is 2.77. The zero-order valence-electron chi connectivity index (χ0n) is 3.38. The van der Waals surface area contributed by atoms with Gasteiger partial charge in [0.1, 0.15) is 10.7 Å². The van der Waals surface area contributed by atoms with Gasteiger partial charge < -0.3 is 0 Å². The largest absolute Gasteiger partial charge is 0.231 e. The van der Waals surface area contributed by atoms with Gasteiger partial charge in [-0.3, -0.25) is 0 Å². The minimum atomic E-state index is -2.14. The van der Waals surface area contributed by atoms with E-state index >= 15 is 0 Å². The van der Waals surface area contributed by atoms with Crippen LogP contribution in [0.2, 0.25) is 0 Å². The van der Waals surface area contributed by atoms with E-state index in [9.17, 15) is 8.42 Å². The van der Waals surface area contributed by atoms with Crippen LogP contribution in [0.4, 0.5) is 0 Å². The summed E-state index contributed by atoms with van der Waals surface area (Å²) in [5, 5.41) is 0.245. The molecule has 4 heteroatoms. The minimum absolute atomic E-state index is 0.245. The van der Waals surface area contributed by atoms with Gasteiger partial charge in [0.25, 0.3) is 0 Å². The maximum atomic E-state index is 9.62. The molecule has 0 aliphatic heterocycles. The molecule has 0 aromatic carbocycles. The Hall–Kier alpha value is 0.300. The molecule has 0 unspecified atom stereocenters. The van der Waals surface area contributed by atoms with Crippen LogP contribution in [0.25, 0.3) is 0 Å². The number of thiol groups is 1. The molecule has 0 heterocycles. The normalized spacial score (nSPS) is 9.67. The Bertz CT molecular complexity index is 77.5. The standard InChI is InChI=1S/C2H6O2S2/c1-5-2-6(3)4/h6H,2H2,1H3. The lowest BCUT2D eigenvalue weighted by atomic mass is 11.9. The number of hydrogen-bond acceptors (Lipinski definition) is 3. The fourth-order valence-corrected chi connectivity index (χ4v) is 0.949. The van der Waals surface area contributed by atoms with Crippen molar-refractivity contribution >= 4 is 22.5 Å². The zero-order valence-corrected chi connectivity index (χ0v) is 5.09. The molecule has 2 nitrogen and oxygen atoms in total. The lowest BCUT2D eigenvalue weighted by molar-refractivity contribution is 0.618. The molecular weight excluding hydrogens is 120 g/mol. The van der Waals surface area contributed by atoms with Gasteiger partial charge in [-0.2, -0.15) is 0 Å². The molecule has 0 bridgehead atoms. The van der Waals surface area contributed by atoms with Gasteiger partial charge in [-0.05, 0) is 6.26 Å². The second kappa shape index (κ2) is 3.49. The van der Waals surface area contributed by atoms with Crippen LogP contribution < -0.4 is 0 Å². The topological polar surface area (TPSA) is 34.1 Å². The van der Waals surface area contributed by atoms with Crippen molar-refractivity contribution in [2.24, 2.45) is 0 Å². The van der Waals surface area contributed by atoms with Crippen LogP contribution in [0, 0.1) is 0 Å². The summed E-state index contributed by atoms with van der Waals surface area (Å²) in [5.74, 6) is 0. The first kappa shape index (κ1) is 6.30. The van der Waals surface area contributed by atoms with Crippen LogP contribution in [0.3, 0.4) is 0 Å². The monoisotopic (exact) mass is 126 g/mol. The Labute approximate surface area is 42.9 Å². The third-order valence-electron chi connectivity index (χ3n) is 0.235. The van der Waals surface area contributed by atoms with Crippen LogP contribution in [-0.2, 0) is 10.7 Å². The van der Waals surface area contributed by atoms with Gasteiger partial charge in [-0.25, -0.2) is 8.42 Å². The van der Waals surface area contributed by atoms with E-state index in [0.717, 1.165) is 0 Å². The van der Waals surface area contributed by atoms with Gasteiger partial charge in [-0.1, -0.05) is 0 Å². The Morgan fingerprint density at radius 2 is 2.17 bits per heavy atom. The highest BCUT2D eigenvalue weighted by Gasteiger charge is 1.75. The van der Waals surface area contributed by atoms with Crippen molar-refractivity contribution < 1.29 is 8.42 Å². The summed E-state index contributed by atoms with van der Waals surface area (Å²) in [6.07, 6.45) is 1.76. The van der Waals surface area contributed by atoms with E-state index in [4.69, 9.17) is 0 Å². The molecule has 0 spiro atoms. The summed E-state index contributed by atoms with van der Waals surface area (Å²) in [4.78, 5) is 0. The first-order valence-corrected chi connectivity index (χ1v) is 4.13. The molecule has 0 aromatic heterocycles. The van der Waals surface area contributed by atoms with E-state index in [-0.39, 0.29) is 5.08 Å². The van der Waals surface area contributed by atoms with Gasteiger partial charge >= 0.3 is 0 Å². The molecule has 0 aliphatic rings. The zero-order chi connectivity index (χ0) is 4.99. The summed E-state index contributed by atoms with van der Waals surface area (Å²) in [7, 11) is -2.14. The molecule has 0 aromatic rings. The van der Waals surface area contributed by atoms with Crippen molar-refractivity contribution in [3.8, 4) is 0 Å². The Kier molecular flexibility index (Phi) is 3.66. The van der Waals surface area contributed by atoms with E-state index < -0.39 is 10.7 Å². The number of hydrogen-bond donors (Lipinski definition) is 1. The lowest BCUT2D eigenvalue weighted by Crippen LogP contribution is -1.74. The predicted octanol–water partition coefficient (Wildman–Crippen LogP) is -0.0817. The van der Waals surface area contributed by atoms with Gasteiger partial charge in [0.05, 0.1) is 5.08 Å². The van der Waals surface area contributed by atoms with E-state index in [1.807, 2.05) is 0 Å². The van der Waals surface area contributed by atoms with Crippen molar-refractivity contribution in [2.45, 2.75) is 0 Å². The molecular formula is C2H6O2S2. The van der Waals surface area contributed by atoms with Gasteiger partial charge in [-0.15, -0.1) is 11.8 Å². The van der Waals surface area contributed by atoms with Crippen molar-refractivity contribution in [3.05, 3.63) is 0 Å². The van der Waals surface area contributed by atoms with Crippen LogP contribution in [0.1, 0.15) is 0 Å². The minimum Gasteiger partial charge on any atom is -0.231 e. The molecule has 0 N–H and O–H groups in total. The molecule has 0 atom stereocenters. The third kappa shape index (κ3) is 4.30. The number of rotatable bonds is 2. The van der Waals surface area contributed by atoms with E-state index in [0.29, 0.717) is 0 Å². The molecule has 0 radical (unpaired) electrons. The number of thioether (sulfide) groups is 1. The second-order valence-electron chi connectivity index (χ2n) is 0.751. The van der Waals surface area contributed by atoms with E-state index in [1.54, 1.807) is 6.26 Å². The fraction of sp³-hybridized carbons (Fsp3) is 1.00. The van der Waals surface area contributed by atoms with Crippen LogP contribution in [0.15, 0.2) is 0 Å². The van der Waals surface area contributed by atoms with E-state index in [2.05, 4.69) is 0 Å². The van der Waals surface area contributed by atoms with Gasteiger partial charge in [0, 0.05) is 0 Å². The highest BCUT2D eigenvalue weighted by Crippen LogP contribution is 1.87. The molecule has 38 valence electrons. The first-order valence-electron chi connectivity index (χ1n) is 1.38. The average Bonchev–Trinajstić information content (AvgIpc) is 1.35. The SMILES string of the molecule is CSC[SH](=O)=O. The molecule has 0 rings (SSSR count). The quantitative estimate of drug-likeness (QED) is 0.525. The molecule has 0 amide bonds. The molecule has 0 saturated carbocycles. The van der Waals surface area contributed by atoms with Crippen molar-refractivity contribution in [3.63, 3.8) is 0 Å².